The molecule has 0 radical (unpaired) electrons. The molecule has 0 N–H and O–H groups in total. The molecule has 0 aliphatic rings. The number of fused-ring (bicyclic) bond motifs is 1. The average molecular weight is 330 g/mol. The molecule has 124 valence electrons. The summed E-state index contributed by atoms with van der Waals surface area (Å²) in [6.07, 6.45) is 3.85. The molecule has 4 heteroatoms. The first-order valence-electron chi connectivity index (χ1n) is 8.08. The van der Waals surface area contributed by atoms with Crippen LogP contribution in [0, 0.1) is 0 Å². The Morgan fingerprint density at radius 3 is 2.44 bits per heavy atom. The van der Waals surface area contributed by atoms with E-state index in [4.69, 9.17) is 9.47 Å². The van der Waals surface area contributed by atoms with Crippen molar-refractivity contribution in [2.24, 2.45) is 7.05 Å². The summed E-state index contributed by atoms with van der Waals surface area (Å²) in [5.74, 6) is 2.25. The quantitative estimate of drug-likeness (QED) is 0.526. The van der Waals surface area contributed by atoms with Gasteiger partial charge < -0.3 is 14.0 Å². The number of aryl methyl sites for hydroxylation is 1. The standard InChI is InChI=1S/C21H18N2O2/c1-23-14-18(17-12-13-22-21(24-2)20(17)23)16-10-6-7-11-19(16)25-15-8-4-3-5-9-15/h3-14H,1-2H3. The van der Waals surface area contributed by atoms with E-state index in [1.54, 1.807) is 13.3 Å². The SMILES string of the molecule is COc1nccc2c(-c3ccccc3Oc3ccccc3)cn(C)c12. The summed E-state index contributed by atoms with van der Waals surface area (Å²) in [6.45, 7) is 0. The van der Waals surface area contributed by atoms with Crippen molar-refractivity contribution in [3.05, 3.63) is 73.1 Å². The molecule has 0 aliphatic carbocycles. The van der Waals surface area contributed by atoms with Crippen LogP contribution in [0.2, 0.25) is 0 Å². The molecular formula is C21H18N2O2. The lowest BCUT2D eigenvalue weighted by Crippen LogP contribution is -1.92. The molecule has 0 amide bonds. The topological polar surface area (TPSA) is 36.3 Å². The zero-order valence-electron chi connectivity index (χ0n) is 14.1. The van der Waals surface area contributed by atoms with Crippen LogP contribution in [0.3, 0.4) is 0 Å². The van der Waals surface area contributed by atoms with Crippen LogP contribution in [0.1, 0.15) is 0 Å². The summed E-state index contributed by atoms with van der Waals surface area (Å²) in [5, 5.41) is 1.08. The second-order valence-electron chi connectivity index (χ2n) is 5.78. The highest BCUT2D eigenvalue weighted by molar-refractivity contribution is 5.99. The van der Waals surface area contributed by atoms with Crippen molar-refractivity contribution in [2.45, 2.75) is 0 Å². The molecule has 4 rings (SSSR count). The third-order valence-electron chi connectivity index (χ3n) is 4.20. The van der Waals surface area contributed by atoms with Gasteiger partial charge in [-0.15, -0.1) is 0 Å². The first kappa shape index (κ1) is 15.3. The molecule has 0 atom stereocenters. The molecule has 4 nitrogen and oxygen atoms in total. The first-order valence-corrected chi connectivity index (χ1v) is 8.08. The van der Waals surface area contributed by atoms with Gasteiger partial charge in [0.1, 0.15) is 17.0 Å². The predicted molar refractivity (Wildman–Crippen MR) is 99.2 cm³/mol. The Kier molecular flexibility index (Phi) is 3.86. The summed E-state index contributed by atoms with van der Waals surface area (Å²) in [4.78, 5) is 4.31. The third-order valence-corrected chi connectivity index (χ3v) is 4.20. The minimum Gasteiger partial charge on any atom is -0.479 e. The second-order valence-corrected chi connectivity index (χ2v) is 5.78. The fourth-order valence-electron chi connectivity index (χ4n) is 3.08. The number of pyridine rings is 1. The molecule has 0 spiro atoms. The smallest absolute Gasteiger partial charge is 0.238 e. The second kappa shape index (κ2) is 6.32. The molecule has 25 heavy (non-hydrogen) atoms. The van der Waals surface area contributed by atoms with E-state index in [1.165, 1.54) is 0 Å². The van der Waals surface area contributed by atoms with Gasteiger partial charge in [-0.1, -0.05) is 36.4 Å². The Bertz CT molecular complexity index is 1020. The molecule has 0 aliphatic heterocycles. The van der Waals surface area contributed by atoms with E-state index in [0.29, 0.717) is 5.88 Å². The van der Waals surface area contributed by atoms with Gasteiger partial charge in [0.2, 0.25) is 5.88 Å². The van der Waals surface area contributed by atoms with Crippen molar-refractivity contribution in [1.29, 1.82) is 0 Å². The molecule has 2 aromatic heterocycles. The summed E-state index contributed by atoms with van der Waals surface area (Å²) in [7, 11) is 3.64. The highest BCUT2D eigenvalue weighted by Crippen LogP contribution is 2.39. The largest absolute Gasteiger partial charge is 0.479 e. The number of methoxy groups -OCH3 is 1. The summed E-state index contributed by atoms with van der Waals surface area (Å²) in [6, 6.07) is 19.9. The average Bonchev–Trinajstić information content (AvgIpc) is 3.00. The van der Waals surface area contributed by atoms with Crippen molar-refractivity contribution in [2.75, 3.05) is 7.11 Å². The molecule has 0 bridgehead atoms. The zero-order chi connectivity index (χ0) is 17.2. The van der Waals surface area contributed by atoms with Crippen LogP contribution < -0.4 is 9.47 Å². The summed E-state index contributed by atoms with van der Waals surface area (Å²) >= 11 is 0. The fraction of sp³-hybridized carbons (Fsp3) is 0.0952. The summed E-state index contributed by atoms with van der Waals surface area (Å²) < 4.78 is 13.6. The number of hydrogen-bond donors (Lipinski definition) is 0. The Labute approximate surface area is 146 Å². The monoisotopic (exact) mass is 330 g/mol. The molecule has 0 saturated carbocycles. The highest BCUT2D eigenvalue weighted by atomic mass is 16.5. The first-order chi connectivity index (χ1) is 12.3. The van der Waals surface area contributed by atoms with Crippen molar-refractivity contribution >= 4 is 10.9 Å². The lowest BCUT2D eigenvalue weighted by atomic mass is 10.0. The Morgan fingerprint density at radius 2 is 1.64 bits per heavy atom. The van der Waals surface area contributed by atoms with Gasteiger partial charge in [0.15, 0.2) is 0 Å². The maximum absolute atomic E-state index is 6.12. The number of para-hydroxylation sites is 2. The van der Waals surface area contributed by atoms with E-state index in [1.807, 2.05) is 66.2 Å². The van der Waals surface area contributed by atoms with Gasteiger partial charge in [-0.25, -0.2) is 4.98 Å². The van der Waals surface area contributed by atoms with Crippen LogP contribution in [0.4, 0.5) is 0 Å². The van der Waals surface area contributed by atoms with E-state index < -0.39 is 0 Å². The fourth-order valence-corrected chi connectivity index (χ4v) is 3.08. The summed E-state index contributed by atoms with van der Waals surface area (Å²) in [5.41, 5.74) is 3.09. The van der Waals surface area contributed by atoms with E-state index >= 15 is 0 Å². The van der Waals surface area contributed by atoms with Gasteiger partial charge in [0.05, 0.1) is 7.11 Å². The molecule has 2 aromatic carbocycles. The number of hydrogen-bond acceptors (Lipinski definition) is 3. The van der Waals surface area contributed by atoms with E-state index in [0.717, 1.165) is 33.5 Å². The number of nitrogens with zero attached hydrogens (tertiary/aromatic N) is 2. The third kappa shape index (κ3) is 2.72. The van der Waals surface area contributed by atoms with Gasteiger partial charge in [-0.2, -0.15) is 0 Å². The van der Waals surface area contributed by atoms with Crippen LogP contribution in [-0.2, 0) is 7.05 Å². The normalized spacial score (nSPS) is 10.8. The van der Waals surface area contributed by atoms with Gasteiger partial charge in [-0.3, -0.25) is 0 Å². The highest BCUT2D eigenvalue weighted by Gasteiger charge is 2.16. The van der Waals surface area contributed by atoms with Crippen molar-refractivity contribution in [1.82, 2.24) is 9.55 Å². The number of aromatic nitrogens is 2. The van der Waals surface area contributed by atoms with Crippen LogP contribution in [-0.4, -0.2) is 16.7 Å². The molecular weight excluding hydrogens is 312 g/mol. The van der Waals surface area contributed by atoms with Gasteiger partial charge in [0, 0.05) is 36.0 Å². The molecule has 4 aromatic rings. The molecule has 0 saturated heterocycles. The lowest BCUT2D eigenvalue weighted by Gasteiger charge is -2.10. The van der Waals surface area contributed by atoms with Crippen LogP contribution in [0.5, 0.6) is 17.4 Å². The van der Waals surface area contributed by atoms with Crippen molar-refractivity contribution < 1.29 is 9.47 Å². The Morgan fingerprint density at radius 1 is 0.880 bits per heavy atom. The Hall–Kier alpha value is -3.27. The molecule has 0 unspecified atom stereocenters. The molecule has 2 heterocycles. The van der Waals surface area contributed by atoms with E-state index in [2.05, 4.69) is 17.2 Å². The van der Waals surface area contributed by atoms with Crippen LogP contribution >= 0.6 is 0 Å². The lowest BCUT2D eigenvalue weighted by molar-refractivity contribution is 0.401. The van der Waals surface area contributed by atoms with Crippen molar-refractivity contribution in [3.8, 4) is 28.5 Å². The van der Waals surface area contributed by atoms with Gasteiger partial charge in [-0.05, 0) is 24.3 Å². The maximum Gasteiger partial charge on any atom is 0.238 e. The minimum atomic E-state index is 0.618. The minimum absolute atomic E-state index is 0.618. The van der Waals surface area contributed by atoms with Gasteiger partial charge in [0.25, 0.3) is 0 Å². The van der Waals surface area contributed by atoms with Gasteiger partial charge >= 0.3 is 0 Å². The molecule has 0 fully saturated rings. The zero-order valence-corrected chi connectivity index (χ0v) is 14.1. The van der Waals surface area contributed by atoms with Crippen molar-refractivity contribution in [3.63, 3.8) is 0 Å². The van der Waals surface area contributed by atoms with E-state index in [9.17, 15) is 0 Å². The maximum atomic E-state index is 6.12. The number of rotatable bonds is 4. The Balaban J connectivity index is 1.88. The number of benzene rings is 2. The number of ether oxygens (including phenoxy) is 2. The van der Waals surface area contributed by atoms with Crippen LogP contribution in [0.15, 0.2) is 73.1 Å². The van der Waals surface area contributed by atoms with E-state index in [-0.39, 0.29) is 0 Å². The predicted octanol–water partition coefficient (Wildman–Crippen LogP) is 5.04. The van der Waals surface area contributed by atoms with Crippen LogP contribution in [0.25, 0.3) is 22.0 Å².